The van der Waals surface area contributed by atoms with Gasteiger partial charge in [-0.05, 0) is 26.1 Å². The molecule has 8 heteroatoms. The van der Waals surface area contributed by atoms with Gasteiger partial charge in [-0.25, -0.2) is 17.9 Å². The van der Waals surface area contributed by atoms with Crippen LogP contribution in [0.15, 0.2) is 18.2 Å². The Morgan fingerprint density at radius 2 is 2.10 bits per heavy atom. The fraction of sp³-hybridized carbons (Fsp3) is 0.417. The maximum Gasteiger partial charge on any atom is 0.340 e. The fourth-order valence-electron chi connectivity index (χ4n) is 1.56. The van der Waals surface area contributed by atoms with Crippen molar-refractivity contribution in [3.63, 3.8) is 0 Å². The first-order chi connectivity index (χ1) is 9.41. The van der Waals surface area contributed by atoms with Crippen molar-refractivity contribution >= 4 is 27.4 Å². The second-order valence-electron chi connectivity index (χ2n) is 3.94. The molecule has 0 aliphatic rings. The standard InChI is InChI=1S/C12H19N3O4S/c1-3-19-12(16)9-5-4-6-10(13)11(9)15-7-8-20(17,18)14-2/h4-6,14-15H,3,7-8,13H2,1-2H3. The van der Waals surface area contributed by atoms with Crippen molar-refractivity contribution in [1.82, 2.24) is 4.72 Å². The normalized spacial score (nSPS) is 11.1. The van der Waals surface area contributed by atoms with E-state index in [1.807, 2.05) is 0 Å². The average molecular weight is 301 g/mol. The predicted octanol–water partition coefficient (Wildman–Crippen LogP) is 0.407. The van der Waals surface area contributed by atoms with Gasteiger partial charge in [-0.1, -0.05) is 6.07 Å². The van der Waals surface area contributed by atoms with Gasteiger partial charge in [0.05, 0.1) is 29.3 Å². The minimum Gasteiger partial charge on any atom is -0.462 e. The number of ether oxygens (including phenoxy) is 1. The molecule has 20 heavy (non-hydrogen) atoms. The second-order valence-corrected chi connectivity index (χ2v) is 5.99. The van der Waals surface area contributed by atoms with Gasteiger partial charge in [0.1, 0.15) is 0 Å². The van der Waals surface area contributed by atoms with E-state index < -0.39 is 16.0 Å². The van der Waals surface area contributed by atoms with Gasteiger partial charge in [-0.3, -0.25) is 0 Å². The first kappa shape index (κ1) is 16.3. The smallest absolute Gasteiger partial charge is 0.340 e. The molecular formula is C12H19N3O4S. The van der Waals surface area contributed by atoms with E-state index in [2.05, 4.69) is 10.0 Å². The lowest BCUT2D eigenvalue weighted by molar-refractivity contribution is 0.0527. The minimum absolute atomic E-state index is 0.125. The lowest BCUT2D eigenvalue weighted by Crippen LogP contribution is -2.26. The van der Waals surface area contributed by atoms with E-state index in [4.69, 9.17) is 10.5 Å². The molecule has 0 amide bonds. The highest BCUT2D eigenvalue weighted by atomic mass is 32.2. The number of esters is 1. The molecule has 0 saturated heterocycles. The van der Waals surface area contributed by atoms with Gasteiger partial charge in [0, 0.05) is 6.54 Å². The highest BCUT2D eigenvalue weighted by molar-refractivity contribution is 7.89. The number of nitrogens with one attached hydrogen (secondary N) is 2. The zero-order chi connectivity index (χ0) is 15.2. The van der Waals surface area contributed by atoms with Crippen LogP contribution in [0.1, 0.15) is 17.3 Å². The Hall–Kier alpha value is -1.80. The van der Waals surface area contributed by atoms with Crippen molar-refractivity contribution in [1.29, 1.82) is 0 Å². The molecule has 0 atom stereocenters. The van der Waals surface area contributed by atoms with Crippen LogP contribution in [0.4, 0.5) is 11.4 Å². The Morgan fingerprint density at radius 3 is 2.70 bits per heavy atom. The number of benzene rings is 1. The van der Waals surface area contributed by atoms with Crippen LogP contribution in [-0.2, 0) is 14.8 Å². The van der Waals surface area contributed by atoms with E-state index >= 15 is 0 Å². The van der Waals surface area contributed by atoms with Crippen molar-refractivity contribution in [2.24, 2.45) is 0 Å². The van der Waals surface area contributed by atoms with Crippen LogP contribution in [0.5, 0.6) is 0 Å². The predicted molar refractivity (Wildman–Crippen MR) is 78.1 cm³/mol. The summed E-state index contributed by atoms with van der Waals surface area (Å²) >= 11 is 0. The van der Waals surface area contributed by atoms with Gasteiger partial charge in [-0.15, -0.1) is 0 Å². The Morgan fingerprint density at radius 1 is 1.40 bits per heavy atom. The number of para-hydroxylation sites is 1. The molecule has 0 spiro atoms. The number of hydrogen-bond acceptors (Lipinski definition) is 6. The topological polar surface area (TPSA) is 111 Å². The van der Waals surface area contributed by atoms with Gasteiger partial charge < -0.3 is 15.8 Å². The van der Waals surface area contributed by atoms with Crippen LogP contribution >= 0.6 is 0 Å². The summed E-state index contributed by atoms with van der Waals surface area (Å²) in [5.41, 5.74) is 6.83. The summed E-state index contributed by atoms with van der Waals surface area (Å²) in [7, 11) is -1.97. The molecule has 1 aromatic rings. The lowest BCUT2D eigenvalue weighted by atomic mass is 10.1. The highest BCUT2D eigenvalue weighted by Crippen LogP contribution is 2.24. The highest BCUT2D eigenvalue weighted by Gasteiger charge is 2.15. The summed E-state index contributed by atoms with van der Waals surface area (Å²) in [6.07, 6.45) is 0. The molecule has 0 aliphatic carbocycles. The maximum absolute atomic E-state index is 11.8. The first-order valence-electron chi connectivity index (χ1n) is 6.12. The average Bonchev–Trinajstić information content (AvgIpc) is 2.40. The van der Waals surface area contributed by atoms with Crippen LogP contribution in [0.2, 0.25) is 0 Å². The maximum atomic E-state index is 11.8. The van der Waals surface area contributed by atoms with Crippen LogP contribution in [0.25, 0.3) is 0 Å². The first-order valence-corrected chi connectivity index (χ1v) is 7.77. The van der Waals surface area contributed by atoms with E-state index in [0.717, 1.165) is 0 Å². The Kier molecular flexibility index (Phi) is 5.78. The summed E-state index contributed by atoms with van der Waals surface area (Å²) in [4.78, 5) is 11.8. The fourth-order valence-corrected chi connectivity index (χ4v) is 2.13. The van der Waals surface area contributed by atoms with E-state index in [-0.39, 0.29) is 24.5 Å². The molecule has 0 heterocycles. The van der Waals surface area contributed by atoms with Crippen molar-refractivity contribution in [3.8, 4) is 0 Å². The van der Waals surface area contributed by atoms with Gasteiger partial charge in [0.15, 0.2) is 0 Å². The molecule has 112 valence electrons. The number of carbonyl (C=O) groups excluding carboxylic acids is 1. The molecular weight excluding hydrogens is 282 g/mol. The molecule has 0 fully saturated rings. The van der Waals surface area contributed by atoms with Gasteiger partial charge in [0.25, 0.3) is 0 Å². The van der Waals surface area contributed by atoms with Crippen molar-refractivity contribution in [3.05, 3.63) is 23.8 Å². The number of hydrogen-bond donors (Lipinski definition) is 3. The number of sulfonamides is 1. The molecule has 4 N–H and O–H groups in total. The monoisotopic (exact) mass is 301 g/mol. The van der Waals surface area contributed by atoms with Crippen molar-refractivity contribution < 1.29 is 17.9 Å². The number of anilines is 2. The Bertz CT molecular complexity index is 572. The molecule has 0 aliphatic heterocycles. The molecule has 0 bridgehead atoms. The van der Waals surface area contributed by atoms with Crippen molar-refractivity contribution in [2.75, 3.05) is 37.0 Å². The molecule has 0 radical (unpaired) electrons. The largest absolute Gasteiger partial charge is 0.462 e. The van der Waals surface area contributed by atoms with Crippen LogP contribution < -0.4 is 15.8 Å². The zero-order valence-electron chi connectivity index (χ0n) is 11.5. The third kappa shape index (κ3) is 4.39. The van der Waals surface area contributed by atoms with E-state index in [1.165, 1.54) is 7.05 Å². The van der Waals surface area contributed by atoms with Gasteiger partial charge in [-0.2, -0.15) is 0 Å². The van der Waals surface area contributed by atoms with Gasteiger partial charge in [0.2, 0.25) is 10.0 Å². The van der Waals surface area contributed by atoms with Crippen LogP contribution in [-0.4, -0.2) is 40.3 Å². The third-order valence-corrected chi connectivity index (χ3v) is 3.94. The lowest BCUT2D eigenvalue weighted by Gasteiger charge is -2.13. The summed E-state index contributed by atoms with van der Waals surface area (Å²) in [5, 5.41) is 2.87. The summed E-state index contributed by atoms with van der Waals surface area (Å²) in [6.45, 7) is 2.09. The minimum atomic E-state index is -3.32. The third-order valence-electron chi connectivity index (χ3n) is 2.58. The Labute approximate surface area is 118 Å². The molecule has 1 rings (SSSR count). The van der Waals surface area contributed by atoms with E-state index in [1.54, 1.807) is 25.1 Å². The Balaban J connectivity index is 2.86. The second kappa shape index (κ2) is 7.11. The number of nitrogens with two attached hydrogens (primary N) is 1. The summed E-state index contributed by atoms with van der Waals surface area (Å²) < 4.78 is 29.8. The molecule has 7 nitrogen and oxygen atoms in total. The van der Waals surface area contributed by atoms with E-state index in [0.29, 0.717) is 11.4 Å². The molecule has 0 unspecified atom stereocenters. The molecule has 0 saturated carbocycles. The molecule has 1 aromatic carbocycles. The van der Waals surface area contributed by atoms with Crippen LogP contribution in [0, 0.1) is 0 Å². The zero-order valence-corrected chi connectivity index (χ0v) is 12.3. The van der Waals surface area contributed by atoms with Crippen molar-refractivity contribution in [2.45, 2.75) is 6.92 Å². The summed E-state index contributed by atoms with van der Waals surface area (Å²) in [5.74, 6) is -0.626. The number of rotatable bonds is 7. The van der Waals surface area contributed by atoms with Crippen LogP contribution in [0.3, 0.4) is 0 Å². The number of carbonyl (C=O) groups is 1. The molecule has 0 aromatic heterocycles. The quantitative estimate of drug-likeness (QED) is 0.497. The SMILES string of the molecule is CCOC(=O)c1cccc(N)c1NCCS(=O)(=O)NC. The van der Waals surface area contributed by atoms with Gasteiger partial charge >= 0.3 is 5.97 Å². The van der Waals surface area contributed by atoms with E-state index in [9.17, 15) is 13.2 Å². The number of nitrogen functional groups attached to an aromatic ring is 1. The summed E-state index contributed by atoms with van der Waals surface area (Å²) in [6, 6.07) is 4.83.